The van der Waals surface area contributed by atoms with Gasteiger partial charge in [-0.05, 0) is 75.6 Å². The van der Waals surface area contributed by atoms with Crippen molar-refractivity contribution in [3.8, 4) is 11.3 Å². The van der Waals surface area contributed by atoms with E-state index in [4.69, 9.17) is 14.2 Å². The van der Waals surface area contributed by atoms with E-state index in [1.165, 1.54) is 12.1 Å². The molecule has 2 aromatic carbocycles. The van der Waals surface area contributed by atoms with Crippen LogP contribution in [0.3, 0.4) is 0 Å². The van der Waals surface area contributed by atoms with E-state index in [-0.39, 0.29) is 40.4 Å². The second-order valence-corrected chi connectivity index (χ2v) is 12.5. The van der Waals surface area contributed by atoms with Gasteiger partial charge < -0.3 is 14.4 Å². The minimum absolute atomic E-state index is 0.0231. The molecule has 0 unspecified atom stereocenters. The lowest BCUT2D eigenvalue weighted by Gasteiger charge is -2.52. The summed E-state index contributed by atoms with van der Waals surface area (Å²) in [6.07, 6.45) is 2.59. The molecule has 2 heterocycles. The number of alkyl halides is 3. The summed E-state index contributed by atoms with van der Waals surface area (Å²) in [7, 11) is 0. The molecule has 4 aromatic rings. The maximum Gasteiger partial charge on any atom is 0.417 e. The Balaban J connectivity index is 1.12. The van der Waals surface area contributed by atoms with Crippen LogP contribution in [0.15, 0.2) is 47.0 Å². The topological polar surface area (TPSA) is 85.5 Å². The number of ether oxygens (including phenoxy) is 1. The number of rotatable bonds is 7. The summed E-state index contributed by atoms with van der Waals surface area (Å²) in [6, 6.07) is 10.6. The van der Waals surface area contributed by atoms with Crippen molar-refractivity contribution in [2.24, 2.45) is 0 Å². The van der Waals surface area contributed by atoms with Crippen molar-refractivity contribution in [3.05, 3.63) is 69.9 Å². The van der Waals surface area contributed by atoms with Gasteiger partial charge in [0.15, 0.2) is 0 Å². The molecule has 0 amide bonds. The zero-order valence-electron chi connectivity index (χ0n) is 21.6. The van der Waals surface area contributed by atoms with Gasteiger partial charge in [-0.2, -0.15) is 13.2 Å². The quantitative estimate of drug-likeness (QED) is 0.242. The van der Waals surface area contributed by atoms with Gasteiger partial charge in [-0.3, -0.25) is 0 Å². The number of carboxylic acid groups (broad SMARTS) is 1. The summed E-state index contributed by atoms with van der Waals surface area (Å²) < 4.78 is 54.6. The molecule has 2 aromatic heterocycles. The van der Waals surface area contributed by atoms with Gasteiger partial charge in [0.2, 0.25) is 0 Å². The van der Waals surface area contributed by atoms with Crippen molar-refractivity contribution < 1.29 is 32.3 Å². The highest BCUT2D eigenvalue weighted by Crippen LogP contribution is 2.56. The standard InChI is InChI=1S/C30H27F3N2O4S/c31-30(32,33)21-4-2-1-3-19(21)24-20(25(39-35-24)17-5-6-17)16-38-29-12-9-28(10-13-29,11-14-29)27-34-22-8-7-18(26(36)37)15-23(22)40-27/h1-4,7-8,15,17H,5-6,9-14,16H2,(H,36,37). The molecule has 40 heavy (non-hydrogen) atoms. The minimum atomic E-state index is -4.50. The third-order valence-corrected chi connectivity index (χ3v) is 10.3. The van der Waals surface area contributed by atoms with E-state index in [1.807, 2.05) is 0 Å². The largest absolute Gasteiger partial charge is 0.478 e. The van der Waals surface area contributed by atoms with E-state index in [0.29, 0.717) is 11.3 Å². The van der Waals surface area contributed by atoms with Crippen molar-refractivity contribution >= 4 is 27.5 Å². The molecule has 0 radical (unpaired) electrons. The molecule has 0 atom stereocenters. The lowest BCUT2D eigenvalue weighted by molar-refractivity contribution is -0.137. The Morgan fingerprint density at radius 3 is 2.48 bits per heavy atom. The molecule has 6 nitrogen and oxygen atoms in total. The zero-order chi connectivity index (χ0) is 27.7. The second-order valence-electron chi connectivity index (χ2n) is 11.5. The van der Waals surface area contributed by atoms with Gasteiger partial charge in [0.1, 0.15) is 11.5 Å². The number of thiazole rings is 1. The number of halogens is 3. The number of nitrogens with zero attached hydrogens (tertiary/aromatic N) is 2. The molecule has 4 aliphatic carbocycles. The van der Waals surface area contributed by atoms with Crippen LogP contribution in [-0.4, -0.2) is 26.8 Å². The van der Waals surface area contributed by atoms with Crippen LogP contribution in [-0.2, 0) is 22.9 Å². The van der Waals surface area contributed by atoms with Crippen molar-refractivity contribution in [1.29, 1.82) is 0 Å². The van der Waals surface area contributed by atoms with Crippen molar-refractivity contribution in [1.82, 2.24) is 10.1 Å². The lowest BCUT2D eigenvalue weighted by Crippen LogP contribution is -2.49. The van der Waals surface area contributed by atoms with E-state index in [1.54, 1.807) is 35.6 Å². The molecule has 4 saturated carbocycles. The number of hydrogen-bond donors (Lipinski definition) is 1. The van der Waals surface area contributed by atoms with Crippen molar-refractivity contribution in [2.75, 3.05) is 0 Å². The number of hydrogen-bond acceptors (Lipinski definition) is 6. The first kappa shape index (κ1) is 25.7. The average Bonchev–Trinajstić information content (AvgIpc) is 3.56. The van der Waals surface area contributed by atoms with E-state index in [9.17, 15) is 23.1 Å². The Kier molecular flexibility index (Phi) is 5.87. The fourth-order valence-corrected chi connectivity index (χ4v) is 7.75. The van der Waals surface area contributed by atoms with Gasteiger partial charge in [-0.25, -0.2) is 9.78 Å². The smallest absolute Gasteiger partial charge is 0.417 e. The Morgan fingerprint density at radius 1 is 1.07 bits per heavy atom. The van der Waals surface area contributed by atoms with Crippen LogP contribution in [0.25, 0.3) is 21.5 Å². The number of fused-ring (bicyclic) bond motifs is 4. The SMILES string of the molecule is O=C(O)c1ccc2nc(C34CCC(OCc5c(-c6ccccc6C(F)(F)F)noc5C5CC5)(CC3)CC4)sc2c1. The van der Waals surface area contributed by atoms with Crippen LogP contribution in [0.1, 0.15) is 89.5 Å². The van der Waals surface area contributed by atoms with Gasteiger partial charge in [-0.1, -0.05) is 23.4 Å². The van der Waals surface area contributed by atoms with Gasteiger partial charge >= 0.3 is 12.1 Å². The van der Waals surface area contributed by atoms with Crippen LogP contribution in [0.5, 0.6) is 0 Å². The molecule has 2 bridgehead atoms. The van der Waals surface area contributed by atoms with Crippen LogP contribution >= 0.6 is 11.3 Å². The summed E-state index contributed by atoms with van der Waals surface area (Å²) in [4.78, 5) is 16.3. The molecule has 0 aliphatic heterocycles. The Hall–Kier alpha value is -3.24. The first-order valence-electron chi connectivity index (χ1n) is 13.6. The number of carboxylic acids is 1. The molecular weight excluding hydrogens is 541 g/mol. The van der Waals surface area contributed by atoms with E-state index < -0.39 is 17.7 Å². The van der Waals surface area contributed by atoms with Gasteiger partial charge in [0, 0.05) is 22.5 Å². The second kappa shape index (κ2) is 9.14. The summed E-state index contributed by atoms with van der Waals surface area (Å²) in [6.45, 7) is 0.170. The van der Waals surface area contributed by atoms with Gasteiger partial charge in [0.05, 0.1) is 38.6 Å². The third kappa shape index (κ3) is 4.32. The normalized spacial score (nSPS) is 24.6. The summed E-state index contributed by atoms with van der Waals surface area (Å²) in [5.41, 5.74) is 0.852. The first-order valence-corrected chi connectivity index (χ1v) is 14.4. The zero-order valence-corrected chi connectivity index (χ0v) is 22.4. The fraction of sp³-hybridized carbons (Fsp3) is 0.433. The molecule has 0 saturated heterocycles. The van der Waals surface area contributed by atoms with Crippen molar-refractivity contribution in [2.45, 2.75) is 81.1 Å². The number of aromatic nitrogens is 2. The predicted octanol–water partition coefficient (Wildman–Crippen LogP) is 8.11. The molecule has 0 spiro atoms. The molecule has 208 valence electrons. The van der Waals surface area contributed by atoms with Gasteiger partial charge in [-0.15, -0.1) is 11.3 Å². The first-order chi connectivity index (χ1) is 19.2. The van der Waals surface area contributed by atoms with Crippen LogP contribution < -0.4 is 0 Å². The Labute approximate surface area is 232 Å². The Morgan fingerprint density at radius 2 is 1.80 bits per heavy atom. The highest BCUT2D eigenvalue weighted by atomic mass is 32.1. The molecular formula is C30H27F3N2O4S. The lowest BCUT2D eigenvalue weighted by atomic mass is 9.59. The summed E-state index contributed by atoms with van der Waals surface area (Å²) in [5, 5.41) is 14.5. The molecule has 1 N–H and O–H groups in total. The molecule has 4 fully saturated rings. The van der Waals surface area contributed by atoms with E-state index in [0.717, 1.165) is 72.7 Å². The van der Waals surface area contributed by atoms with Gasteiger partial charge in [0.25, 0.3) is 0 Å². The minimum Gasteiger partial charge on any atom is -0.478 e. The van der Waals surface area contributed by atoms with Crippen LogP contribution in [0.4, 0.5) is 13.2 Å². The summed E-state index contributed by atoms with van der Waals surface area (Å²) in [5.74, 6) is -0.115. The highest BCUT2D eigenvalue weighted by molar-refractivity contribution is 7.18. The van der Waals surface area contributed by atoms with Crippen molar-refractivity contribution in [3.63, 3.8) is 0 Å². The molecule has 10 heteroatoms. The molecule has 8 rings (SSSR count). The van der Waals surface area contributed by atoms with Crippen LogP contribution in [0, 0.1) is 0 Å². The predicted molar refractivity (Wildman–Crippen MR) is 142 cm³/mol. The van der Waals surface area contributed by atoms with Crippen LogP contribution in [0.2, 0.25) is 0 Å². The number of benzene rings is 2. The van der Waals surface area contributed by atoms with E-state index >= 15 is 0 Å². The highest BCUT2D eigenvalue weighted by Gasteiger charge is 2.52. The molecule has 4 aliphatic rings. The fourth-order valence-electron chi connectivity index (χ4n) is 6.47. The number of aromatic carboxylic acids is 1. The van der Waals surface area contributed by atoms with E-state index in [2.05, 4.69) is 5.16 Å². The average molecular weight is 569 g/mol. The monoisotopic (exact) mass is 568 g/mol. The third-order valence-electron chi connectivity index (χ3n) is 9.04. The maximum absolute atomic E-state index is 13.8. The number of carbonyl (C=O) groups is 1. The maximum atomic E-state index is 13.8. The Bertz CT molecular complexity index is 1600. The summed E-state index contributed by atoms with van der Waals surface area (Å²) >= 11 is 1.58.